The van der Waals surface area contributed by atoms with Gasteiger partial charge in [-0.25, -0.2) is 9.78 Å². The smallest absolute Gasteiger partial charge is 0.410 e. The Balaban J connectivity index is 1.43. The van der Waals surface area contributed by atoms with Gasteiger partial charge in [-0.2, -0.15) is 0 Å². The number of aliphatic hydroxyl groups is 1. The number of imidazole rings is 1. The highest BCUT2D eigenvalue weighted by molar-refractivity contribution is 6.00. The molecule has 3 saturated heterocycles. The maximum Gasteiger partial charge on any atom is 0.410 e. The van der Waals surface area contributed by atoms with E-state index in [0.29, 0.717) is 32.4 Å². The number of Topliss-reactive ketones (excluding diaryl/α,β-unsaturated/α-hetero) is 2. The summed E-state index contributed by atoms with van der Waals surface area (Å²) < 4.78 is 33.4. The molecule has 0 radical (unpaired) electrons. The molecule has 0 aromatic carbocycles. The molecule has 328 valence electrons. The number of cyclic esters (lactones) is 1. The first-order chi connectivity index (χ1) is 27.9. The molecule has 0 spiro atoms. The summed E-state index contributed by atoms with van der Waals surface area (Å²) in [5, 5.41) is 11.4. The zero-order valence-electron chi connectivity index (χ0n) is 36.9. The SMILES string of the molecule is CC[C@H]1OC(=O)[C@H](C)C(=O)[C@H](C)[C@@H](OC2O[C@H](C)C[C@H](N(C)C)[C@H]2O)[C@](C)(OC)C[C@@H](C)C(=O)C[C@H]2N(CCCCn3cc(-c4cccnc4)nc3C)C(=O)O[C@]12CC. The van der Waals surface area contributed by atoms with Crippen LogP contribution in [0.4, 0.5) is 4.79 Å². The van der Waals surface area contributed by atoms with Gasteiger partial charge in [0.05, 0.1) is 29.5 Å². The number of amides is 1. The number of hydrogen-bond donors (Lipinski definition) is 1. The minimum atomic E-state index is -1.33. The van der Waals surface area contributed by atoms with E-state index in [1.54, 1.807) is 31.1 Å². The molecule has 3 aliphatic heterocycles. The van der Waals surface area contributed by atoms with Crippen LogP contribution in [0.1, 0.15) is 99.2 Å². The van der Waals surface area contributed by atoms with Crippen LogP contribution in [0.2, 0.25) is 0 Å². The average molecular weight is 826 g/mol. The van der Waals surface area contributed by atoms with E-state index in [0.717, 1.165) is 17.1 Å². The quantitative estimate of drug-likeness (QED) is 0.165. The van der Waals surface area contributed by atoms with Crippen LogP contribution in [0.25, 0.3) is 11.3 Å². The van der Waals surface area contributed by atoms with Crippen molar-refractivity contribution in [2.24, 2.45) is 17.8 Å². The summed E-state index contributed by atoms with van der Waals surface area (Å²) in [5.74, 6) is -3.28. The van der Waals surface area contributed by atoms with Crippen molar-refractivity contribution >= 4 is 23.6 Å². The summed E-state index contributed by atoms with van der Waals surface area (Å²) in [6, 6.07) is 2.81. The fourth-order valence-corrected chi connectivity index (χ4v) is 9.43. The van der Waals surface area contributed by atoms with Gasteiger partial charge >= 0.3 is 12.1 Å². The van der Waals surface area contributed by atoms with Gasteiger partial charge in [-0.05, 0) is 92.4 Å². The zero-order valence-corrected chi connectivity index (χ0v) is 36.9. The number of ether oxygens (including phenoxy) is 5. The molecule has 0 aliphatic carbocycles. The molecule has 5 heterocycles. The molecule has 3 fully saturated rings. The molecule has 15 heteroatoms. The Morgan fingerprint density at radius 1 is 1.07 bits per heavy atom. The summed E-state index contributed by atoms with van der Waals surface area (Å²) in [6.45, 7) is 15.3. The molecule has 0 bridgehead atoms. The Morgan fingerprint density at radius 2 is 1.78 bits per heavy atom. The average Bonchev–Trinajstić information content (AvgIpc) is 3.72. The molecule has 3 aliphatic rings. The van der Waals surface area contributed by atoms with Crippen LogP contribution in [0.3, 0.4) is 0 Å². The summed E-state index contributed by atoms with van der Waals surface area (Å²) in [6.07, 6.45) is 3.09. The molecule has 5 rings (SSSR count). The van der Waals surface area contributed by atoms with Gasteiger partial charge in [0.2, 0.25) is 0 Å². The number of aryl methyl sites for hydroxylation is 2. The minimum Gasteiger partial charge on any atom is -0.457 e. The standard InChI is InChI=1S/C44H67N5O10/c1-12-36-44(13-2)35(49(42(54)59-44)20-15-14-19-48-25-32(46-30(48)7)31-17-16-18-45-24-31)22-34(50)26(3)23-43(8,55-11)39(28(5)37(51)29(6)40(53)57-36)58-41-38(52)33(47(9)10)21-27(4)56-41/h16-18,24-29,33,35-36,38-39,41,52H,12-15,19-23H2,1-11H3/t26-,27-,28+,29-,33+,35-,36-,38-,39-,41?,43-,44+/m1/s1. The predicted molar refractivity (Wildman–Crippen MR) is 219 cm³/mol. The number of fused-ring (bicyclic) bond motifs is 1. The maximum absolute atomic E-state index is 14.5. The van der Waals surface area contributed by atoms with Gasteiger partial charge in [0.15, 0.2) is 17.7 Å². The van der Waals surface area contributed by atoms with E-state index in [1.807, 2.05) is 71.9 Å². The van der Waals surface area contributed by atoms with Crippen LogP contribution >= 0.6 is 0 Å². The monoisotopic (exact) mass is 825 g/mol. The lowest BCUT2D eigenvalue weighted by molar-refractivity contribution is -0.295. The van der Waals surface area contributed by atoms with E-state index >= 15 is 0 Å². The number of aliphatic hydroxyl groups excluding tert-OH is 1. The number of rotatable bonds is 12. The number of carbonyl (C=O) groups excluding carboxylic acids is 4. The van der Waals surface area contributed by atoms with Gasteiger partial charge in [-0.3, -0.25) is 19.4 Å². The normalized spacial score (nSPS) is 35.0. The molecule has 1 amide bonds. The van der Waals surface area contributed by atoms with Gasteiger partial charge in [0.25, 0.3) is 0 Å². The molecular weight excluding hydrogens is 759 g/mol. The molecular formula is C44H67N5O10. The van der Waals surface area contributed by atoms with Crippen LogP contribution in [-0.4, -0.2) is 135 Å². The van der Waals surface area contributed by atoms with Crippen molar-refractivity contribution in [2.75, 3.05) is 27.7 Å². The van der Waals surface area contributed by atoms with Gasteiger partial charge in [0.1, 0.15) is 29.7 Å². The van der Waals surface area contributed by atoms with E-state index < -0.39 is 77.4 Å². The van der Waals surface area contributed by atoms with Crippen LogP contribution in [-0.2, 0) is 44.6 Å². The van der Waals surface area contributed by atoms with Crippen molar-refractivity contribution in [1.82, 2.24) is 24.3 Å². The highest BCUT2D eigenvalue weighted by atomic mass is 16.7. The van der Waals surface area contributed by atoms with Gasteiger partial charge in [0, 0.05) is 68.7 Å². The molecule has 15 nitrogen and oxygen atoms in total. The number of esters is 1. The second-order valence-corrected chi connectivity index (χ2v) is 17.4. The molecule has 59 heavy (non-hydrogen) atoms. The Hall–Kier alpha value is -3.76. The number of pyridine rings is 1. The number of methoxy groups -OCH3 is 1. The third kappa shape index (κ3) is 9.75. The van der Waals surface area contributed by atoms with Crippen LogP contribution in [0.5, 0.6) is 0 Å². The molecule has 12 atom stereocenters. The van der Waals surface area contributed by atoms with Crippen LogP contribution in [0.15, 0.2) is 30.7 Å². The largest absolute Gasteiger partial charge is 0.457 e. The zero-order chi connectivity index (χ0) is 43.4. The van der Waals surface area contributed by atoms with Gasteiger partial charge in [-0.1, -0.05) is 27.7 Å². The Labute approximate surface area is 349 Å². The minimum absolute atomic E-state index is 0.0499. The highest BCUT2D eigenvalue weighted by Crippen LogP contribution is 2.43. The third-order valence-electron chi connectivity index (χ3n) is 13.1. The van der Waals surface area contributed by atoms with Crippen molar-refractivity contribution in [3.63, 3.8) is 0 Å². The second-order valence-electron chi connectivity index (χ2n) is 17.4. The van der Waals surface area contributed by atoms with E-state index in [4.69, 9.17) is 28.7 Å². The lowest BCUT2D eigenvalue weighted by atomic mass is 9.75. The van der Waals surface area contributed by atoms with Crippen LogP contribution in [0, 0.1) is 24.7 Å². The van der Waals surface area contributed by atoms with Crippen molar-refractivity contribution in [2.45, 2.75) is 161 Å². The Kier molecular flexibility index (Phi) is 15.2. The fraction of sp³-hybridized carbons (Fsp3) is 0.727. The topological polar surface area (TPSA) is 172 Å². The number of unbranched alkanes of at least 4 members (excludes halogenated alkanes) is 1. The molecule has 1 N–H and O–H groups in total. The highest BCUT2D eigenvalue weighted by Gasteiger charge is 2.59. The number of ketones is 2. The second kappa shape index (κ2) is 19.3. The molecule has 2 aromatic heterocycles. The molecule has 2 aromatic rings. The first-order valence-corrected chi connectivity index (χ1v) is 21.3. The van der Waals surface area contributed by atoms with Gasteiger partial charge in [-0.15, -0.1) is 0 Å². The fourth-order valence-electron chi connectivity index (χ4n) is 9.43. The van der Waals surface area contributed by atoms with Crippen molar-refractivity contribution in [1.29, 1.82) is 0 Å². The first kappa shape index (κ1) is 46.3. The number of nitrogens with zero attached hydrogens (tertiary/aromatic N) is 5. The summed E-state index contributed by atoms with van der Waals surface area (Å²) in [5.41, 5.74) is -0.831. The number of hydrogen-bond acceptors (Lipinski definition) is 13. The van der Waals surface area contributed by atoms with E-state index in [2.05, 4.69) is 9.55 Å². The van der Waals surface area contributed by atoms with Crippen molar-refractivity contribution in [3.05, 3.63) is 36.5 Å². The molecule has 0 saturated carbocycles. The predicted octanol–water partition coefficient (Wildman–Crippen LogP) is 5.38. The van der Waals surface area contributed by atoms with Gasteiger partial charge < -0.3 is 43.2 Å². The number of aromatic nitrogens is 3. The Morgan fingerprint density at radius 3 is 2.41 bits per heavy atom. The maximum atomic E-state index is 14.5. The van der Waals surface area contributed by atoms with Crippen LogP contribution < -0.4 is 0 Å². The van der Waals surface area contributed by atoms with Crippen molar-refractivity contribution in [3.8, 4) is 11.3 Å². The lowest BCUT2D eigenvalue weighted by Gasteiger charge is -2.47. The lowest BCUT2D eigenvalue weighted by Crippen LogP contribution is -2.59. The van der Waals surface area contributed by atoms with E-state index in [1.165, 1.54) is 14.0 Å². The first-order valence-electron chi connectivity index (χ1n) is 21.3. The Bertz CT molecular complexity index is 1770. The summed E-state index contributed by atoms with van der Waals surface area (Å²) in [7, 11) is 5.25. The number of carbonyl (C=O) groups is 4. The summed E-state index contributed by atoms with van der Waals surface area (Å²) in [4.78, 5) is 69.3. The number of likely N-dealkylation sites (N-methyl/N-ethyl adjacent to an activating group) is 1. The summed E-state index contributed by atoms with van der Waals surface area (Å²) >= 11 is 0. The third-order valence-corrected chi connectivity index (χ3v) is 13.1. The van der Waals surface area contributed by atoms with E-state index in [-0.39, 0.29) is 43.6 Å². The van der Waals surface area contributed by atoms with E-state index in [9.17, 15) is 24.3 Å². The molecule has 1 unspecified atom stereocenters. The van der Waals surface area contributed by atoms with Crippen molar-refractivity contribution < 1.29 is 48.0 Å².